The van der Waals surface area contributed by atoms with Gasteiger partial charge < -0.3 is 5.73 Å². The van der Waals surface area contributed by atoms with Gasteiger partial charge in [0.2, 0.25) is 0 Å². The zero-order valence-corrected chi connectivity index (χ0v) is 9.35. The molecule has 0 fully saturated rings. The molecule has 3 heteroatoms. The predicted molar refractivity (Wildman–Crippen MR) is 57.8 cm³/mol. The van der Waals surface area contributed by atoms with Crippen LogP contribution in [0.25, 0.3) is 0 Å². The lowest BCUT2D eigenvalue weighted by Gasteiger charge is -2.12. The third kappa shape index (κ3) is 2.99. The van der Waals surface area contributed by atoms with Crippen LogP contribution in [0.1, 0.15) is 37.8 Å². The van der Waals surface area contributed by atoms with E-state index in [1.54, 1.807) is 13.0 Å². The molecule has 0 spiro atoms. The Hall–Kier alpha value is -0.960. The normalized spacial score (nSPS) is 13.3. The van der Waals surface area contributed by atoms with Crippen molar-refractivity contribution in [3.8, 4) is 0 Å². The molecule has 15 heavy (non-hydrogen) atoms. The minimum Gasteiger partial charge on any atom is -0.328 e. The van der Waals surface area contributed by atoms with Gasteiger partial charge in [-0.3, -0.25) is 0 Å². The maximum atomic E-state index is 13.4. The lowest BCUT2D eigenvalue weighted by Crippen LogP contribution is -2.19. The predicted octanol–water partition coefficient (Wildman–Crippen LogP) is 2.98. The van der Waals surface area contributed by atoms with Gasteiger partial charge in [-0.25, -0.2) is 8.78 Å². The molecule has 0 saturated heterocycles. The van der Waals surface area contributed by atoms with Crippen molar-refractivity contribution < 1.29 is 8.78 Å². The molecule has 1 aromatic carbocycles. The summed E-state index contributed by atoms with van der Waals surface area (Å²) < 4.78 is 26.6. The Morgan fingerprint density at radius 3 is 2.27 bits per heavy atom. The van der Waals surface area contributed by atoms with Crippen molar-refractivity contribution in [2.24, 2.45) is 5.73 Å². The molecular formula is C12H17F2N. The van der Waals surface area contributed by atoms with Crippen molar-refractivity contribution >= 4 is 0 Å². The van der Waals surface area contributed by atoms with Crippen LogP contribution in [0.15, 0.2) is 12.1 Å². The molecule has 0 heterocycles. The molecule has 0 saturated carbocycles. The van der Waals surface area contributed by atoms with E-state index < -0.39 is 11.6 Å². The van der Waals surface area contributed by atoms with Gasteiger partial charge in [0.1, 0.15) is 0 Å². The topological polar surface area (TPSA) is 26.0 Å². The van der Waals surface area contributed by atoms with Crippen LogP contribution in [0, 0.1) is 11.6 Å². The molecule has 0 radical (unpaired) electrons. The number of hydrogen-bond acceptors (Lipinski definition) is 1. The Bertz CT molecular complexity index is 346. The van der Waals surface area contributed by atoms with E-state index in [4.69, 9.17) is 5.73 Å². The molecule has 84 valence electrons. The van der Waals surface area contributed by atoms with E-state index in [1.165, 1.54) is 6.07 Å². The lowest BCUT2D eigenvalue weighted by atomic mass is 9.97. The fourth-order valence-corrected chi connectivity index (χ4v) is 1.50. The van der Waals surface area contributed by atoms with E-state index in [-0.39, 0.29) is 12.0 Å². The average molecular weight is 213 g/mol. The molecule has 0 amide bonds. The molecule has 2 N–H and O–H groups in total. The summed E-state index contributed by atoms with van der Waals surface area (Å²) in [5.41, 5.74) is 6.76. The summed E-state index contributed by atoms with van der Waals surface area (Å²) in [6.07, 6.45) is 0.364. The van der Waals surface area contributed by atoms with Crippen LogP contribution in [0.3, 0.4) is 0 Å². The highest BCUT2D eigenvalue weighted by atomic mass is 19.2. The monoisotopic (exact) mass is 213 g/mol. The quantitative estimate of drug-likeness (QED) is 0.820. The van der Waals surface area contributed by atoms with Crippen molar-refractivity contribution in [2.75, 3.05) is 0 Å². The Morgan fingerprint density at radius 2 is 1.80 bits per heavy atom. The van der Waals surface area contributed by atoms with Crippen LogP contribution in [0.2, 0.25) is 0 Å². The summed E-state index contributed by atoms with van der Waals surface area (Å²) in [6.45, 7) is 5.67. The van der Waals surface area contributed by atoms with E-state index in [0.717, 1.165) is 5.56 Å². The van der Waals surface area contributed by atoms with Gasteiger partial charge in [-0.2, -0.15) is 0 Å². The molecule has 1 nitrogen and oxygen atoms in total. The smallest absolute Gasteiger partial charge is 0.162 e. The number of halogens is 2. The van der Waals surface area contributed by atoms with Gasteiger partial charge in [0.15, 0.2) is 11.6 Å². The maximum Gasteiger partial charge on any atom is 0.162 e. The molecule has 0 aliphatic carbocycles. The van der Waals surface area contributed by atoms with E-state index >= 15 is 0 Å². The van der Waals surface area contributed by atoms with E-state index in [9.17, 15) is 8.78 Å². The molecule has 1 atom stereocenters. The van der Waals surface area contributed by atoms with Gasteiger partial charge in [0.25, 0.3) is 0 Å². The fraction of sp³-hybridized carbons (Fsp3) is 0.500. The summed E-state index contributed by atoms with van der Waals surface area (Å²) in [6, 6.07) is 2.79. The second-order valence-electron chi connectivity index (χ2n) is 4.31. The molecule has 1 rings (SSSR count). The standard InChI is InChI=1S/C12H17F2N/c1-7(2)9-5-10(4-8(3)15)12(14)11(13)6-9/h5-8H,4,15H2,1-3H3. The van der Waals surface area contributed by atoms with E-state index in [0.29, 0.717) is 12.0 Å². The maximum absolute atomic E-state index is 13.4. The summed E-state index contributed by atoms with van der Waals surface area (Å²) in [4.78, 5) is 0. The van der Waals surface area contributed by atoms with Gasteiger partial charge in [-0.1, -0.05) is 19.9 Å². The van der Waals surface area contributed by atoms with Gasteiger partial charge in [0, 0.05) is 6.04 Å². The van der Waals surface area contributed by atoms with Gasteiger partial charge in [0.05, 0.1) is 0 Å². The van der Waals surface area contributed by atoms with Crippen LogP contribution in [-0.4, -0.2) is 6.04 Å². The Kier molecular flexibility index (Phi) is 3.80. The highest BCUT2D eigenvalue weighted by Gasteiger charge is 2.13. The second kappa shape index (κ2) is 4.71. The van der Waals surface area contributed by atoms with Crippen LogP contribution in [0.5, 0.6) is 0 Å². The summed E-state index contributed by atoms with van der Waals surface area (Å²) in [5, 5.41) is 0. The fourth-order valence-electron chi connectivity index (χ4n) is 1.50. The molecular weight excluding hydrogens is 196 g/mol. The van der Waals surface area contributed by atoms with Crippen molar-refractivity contribution in [3.63, 3.8) is 0 Å². The van der Waals surface area contributed by atoms with Crippen molar-refractivity contribution in [1.82, 2.24) is 0 Å². The van der Waals surface area contributed by atoms with Gasteiger partial charge in [-0.05, 0) is 36.5 Å². The molecule has 0 bridgehead atoms. The van der Waals surface area contributed by atoms with Crippen LogP contribution < -0.4 is 5.73 Å². The first-order valence-electron chi connectivity index (χ1n) is 5.15. The minimum atomic E-state index is -0.781. The molecule has 0 aliphatic rings. The largest absolute Gasteiger partial charge is 0.328 e. The third-order valence-electron chi connectivity index (χ3n) is 2.33. The SMILES string of the molecule is CC(N)Cc1cc(C(C)C)cc(F)c1F. The first kappa shape index (κ1) is 12.1. The zero-order valence-electron chi connectivity index (χ0n) is 9.35. The molecule has 1 aromatic rings. The van der Waals surface area contributed by atoms with E-state index in [1.807, 2.05) is 13.8 Å². The molecule has 0 aromatic heterocycles. The zero-order chi connectivity index (χ0) is 11.6. The summed E-state index contributed by atoms with van der Waals surface area (Å²) >= 11 is 0. The van der Waals surface area contributed by atoms with Crippen LogP contribution in [-0.2, 0) is 6.42 Å². The summed E-state index contributed by atoms with van der Waals surface area (Å²) in [7, 11) is 0. The highest BCUT2D eigenvalue weighted by Crippen LogP contribution is 2.21. The van der Waals surface area contributed by atoms with Crippen LogP contribution in [0.4, 0.5) is 8.78 Å². The number of rotatable bonds is 3. The highest BCUT2D eigenvalue weighted by molar-refractivity contribution is 5.29. The van der Waals surface area contributed by atoms with Gasteiger partial charge >= 0.3 is 0 Å². The average Bonchev–Trinajstić information content (AvgIpc) is 2.11. The van der Waals surface area contributed by atoms with Crippen LogP contribution >= 0.6 is 0 Å². The number of benzene rings is 1. The van der Waals surface area contributed by atoms with E-state index in [2.05, 4.69) is 0 Å². The first-order chi connectivity index (χ1) is 6.91. The second-order valence-corrected chi connectivity index (χ2v) is 4.31. The lowest BCUT2D eigenvalue weighted by molar-refractivity contribution is 0.492. The van der Waals surface area contributed by atoms with Crippen molar-refractivity contribution in [3.05, 3.63) is 34.9 Å². The third-order valence-corrected chi connectivity index (χ3v) is 2.33. The number of hydrogen-bond donors (Lipinski definition) is 1. The van der Waals surface area contributed by atoms with Crippen molar-refractivity contribution in [1.29, 1.82) is 0 Å². The van der Waals surface area contributed by atoms with Gasteiger partial charge in [-0.15, -0.1) is 0 Å². The molecule has 1 unspecified atom stereocenters. The Labute approximate surface area is 89.3 Å². The Morgan fingerprint density at radius 1 is 1.20 bits per heavy atom. The number of nitrogens with two attached hydrogens (primary N) is 1. The molecule has 0 aliphatic heterocycles. The summed E-state index contributed by atoms with van der Waals surface area (Å²) in [5.74, 6) is -1.36. The first-order valence-corrected chi connectivity index (χ1v) is 5.15. The van der Waals surface area contributed by atoms with Crippen molar-refractivity contribution in [2.45, 2.75) is 39.2 Å². The Balaban J connectivity index is 3.13. The minimum absolute atomic E-state index is 0.165.